The molecule has 1 aliphatic heterocycles. The van der Waals surface area contributed by atoms with E-state index in [2.05, 4.69) is 32.6 Å². The molecule has 2 heteroatoms. The Morgan fingerprint density at radius 3 is 2.24 bits per heavy atom. The summed E-state index contributed by atoms with van der Waals surface area (Å²) in [5.41, 5.74) is 6.74. The lowest BCUT2D eigenvalue weighted by molar-refractivity contribution is 0.0479. The number of hydrogen-bond donors (Lipinski definition) is 1. The zero-order valence-corrected chi connectivity index (χ0v) is 12.3. The largest absolute Gasteiger partial charge is 0.326 e. The van der Waals surface area contributed by atoms with Gasteiger partial charge < -0.3 is 5.73 Å². The van der Waals surface area contributed by atoms with Gasteiger partial charge in [0.05, 0.1) is 0 Å². The molecule has 1 fully saturated rings. The van der Waals surface area contributed by atoms with Gasteiger partial charge in [0.1, 0.15) is 0 Å². The fourth-order valence-corrected chi connectivity index (χ4v) is 2.98. The third-order valence-electron chi connectivity index (χ3n) is 4.95. The highest BCUT2D eigenvalue weighted by Gasteiger charge is 2.36. The zero-order valence-electron chi connectivity index (χ0n) is 12.3. The summed E-state index contributed by atoms with van der Waals surface area (Å²) >= 11 is 0. The summed E-state index contributed by atoms with van der Waals surface area (Å²) in [5.74, 6) is 0.751. The fourth-order valence-electron chi connectivity index (χ4n) is 2.98. The molecular weight excluding hydrogens is 208 g/mol. The lowest BCUT2D eigenvalue weighted by Gasteiger charge is -2.47. The molecule has 0 saturated carbocycles. The van der Waals surface area contributed by atoms with E-state index in [4.69, 9.17) is 5.73 Å². The molecule has 0 radical (unpaired) electrons. The number of piperidine rings is 1. The van der Waals surface area contributed by atoms with E-state index in [1.54, 1.807) is 0 Å². The number of hydrogen-bond acceptors (Lipinski definition) is 2. The minimum atomic E-state index is 0.212. The van der Waals surface area contributed by atoms with Gasteiger partial charge in [-0.15, -0.1) is 0 Å². The van der Waals surface area contributed by atoms with Gasteiger partial charge in [0.2, 0.25) is 0 Å². The van der Waals surface area contributed by atoms with Crippen LogP contribution < -0.4 is 5.73 Å². The average Bonchev–Trinajstić information content (AvgIpc) is 2.38. The Kier molecular flexibility index (Phi) is 5.94. The van der Waals surface area contributed by atoms with Crippen molar-refractivity contribution in [1.82, 2.24) is 4.90 Å². The van der Waals surface area contributed by atoms with Crippen LogP contribution in [0.1, 0.15) is 66.2 Å². The SMILES string of the molecule is CCC(C)CC(N)C(C)(CC)N1CCCCC1. The van der Waals surface area contributed by atoms with Gasteiger partial charge in [-0.1, -0.05) is 33.6 Å². The predicted molar refractivity (Wildman–Crippen MR) is 76.2 cm³/mol. The molecule has 0 spiro atoms. The minimum Gasteiger partial charge on any atom is -0.326 e. The molecule has 17 heavy (non-hydrogen) atoms. The molecule has 102 valence electrons. The molecule has 0 amide bonds. The predicted octanol–water partition coefficient (Wildman–Crippen LogP) is 3.40. The molecule has 2 nitrogen and oxygen atoms in total. The molecule has 0 aromatic carbocycles. The van der Waals surface area contributed by atoms with Gasteiger partial charge in [0.25, 0.3) is 0 Å². The fraction of sp³-hybridized carbons (Fsp3) is 1.00. The van der Waals surface area contributed by atoms with Crippen molar-refractivity contribution < 1.29 is 0 Å². The summed E-state index contributed by atoms with van der Waals surface area (Å²) in [5, 5.41) is 0. The Bertz CT molecular complexity index is 211. The number of nitrogens with zero attached hydrogens (tertiary/aromatic N) is 1. The van der Waals surface area contributed by atoms with Crippen molar-refractivity contribution in [3.63, 3.8) is 0 Å². The maximum absolute atomic E-state index is 6.53. The Morgan fingerprint density at radius 2 is 1.76 bits per heavy atom. The lowest BCUT2D eigenvalue weighted by Crippen LogP contribution is -2.59. The highest BCUT2D eigenvalue weighted by Crippen LogP contribution is 2.29. The second kappa shape index (κ2) is 6.75. The summed E-state index contributed by atoms with van der Waals surface area (Å²) in [6.45, 7) is 11.8. The van der Waals surface area contributed by atoms with Crippen molar-refractivity contribution in [3.8, 4) is 0 Å². The van der Waals surface area contributed by atoms with E-state index in [1.165, 1.54) is 45.2 Å². The van der Waals surface area contributed by atoms with Crippen LogP contribution in [0.3, 0.4) is 0 Å². The van der Waals surface area contributed by atoms with Crippen LogP contribution in [0.15, 0.2) is 0 Å². The summed E-state index contributed by atoms with van der Waals surface area (Å²) in [6.07, 6.45) is 7.68. The summed E-state index contributed by atoms with van der Waals surface area (Å²) < 4.78 is 0. The minimum absolute atomic E-state index is 0.212. The maximum Gasteiger partial charge on any atom is 0.0329 e. The van der Waals surface area contributed by atoms with Crippen LogP contribution in [0, 0.1) is 5.92 Å². The van der Waals surface area contributed by atoms with Gasteiger partial charge in [0, 0.05) is 11.6 Å². The van der Waals surface area contributed by atoms with E-state index in [-0.39, 0.29) is 5.54 Å². The van der Waals surface area contributed by atoms with Gasteiger partial charge in [-0.05, 0) is 51.6 Å². The first kappa shape index (κ1) is 15.0. The molecular formula is C15H32N2. The van der Waals surface area contributed by atoms with Crippen LogP contribution in [0.4, 0.5) is 0 Å². The van der Waals surface area contributed by atoms with E-state index in [9.17, 15) is 0 Å². The summed E-state index contributed by atoms with van der Waals surface area (Å²) in [6, 6.07) is 0.320. The number of rotatable bonds is 6. The highest BCUT2D eigenvalue weighted by molar-refractivity contribution is 4.96. The first-order valence-corrected chi connectivity index (χ1v) is 7.55. The monoisotopic (exact) mass is 240 g/mol. The van der Waals surface area contributed by atoms with E-state index in [1.807, 2.05) is 0 Å². The maximum atomic E-state index is 6.53. The van der Waals surface area contributed by atoms with E-state index >= 15 is 0 Å². The van der Waals surface area contributed by atoms with E-state index in [0.29, 0.717) is 6.04 Å². The van der Waals surface area contributed by atoms with E-state index in [0.717, 1.165) is 12.3 Å². The third kappa shape index (κ3) is 3.69. The van der Waals surface area contributed by atoms with Gasteiger partial charge in [0.15, 0.2) is 0 Å². The standard InChI is InChI=1S/C15H32N2/c1-5-13(3)12-14(16)15(4,6-2)17-10-8-7-9-11-17/h13-14H,5-12,16H2,1-4H3. The highest BCUT2D eigenvalue weighted by atomic mass is 15.2. The molecule has 0 bridgehead atoms. The first-order valence-electron chi connectivity index (χ1n) is 7.55. The molecule has 3 unspecified atom stereocenters. The lowest BCUT2D eigenvalue weighted by atomic mass is 9.81. The topological polar surface area (TPSA) is 29.3 Å². The van der Waals surface area contributed by atoms with Crippen LogP contribution in [0.25, 0.3) is 0 Å². The van der Waals surface area contributed by atoms with Crippen LogP contribution in [-0.4, -0.2) is 29.6 Å². The van der Waals surface area contributed by atoms with Gasteiger partial charge >= 0.3 is 0 Å². The quantitative estimate of drug-likeness (QED) is 0.771. The second-order valence-electron chi connectivity index (χ2n) is 6.11. The average molecular weight is 240 g/mol. The zero-order chi connectivity index (χ0) is 12.9. The third-order valence-corrected chi connectivity index (χ3v) is 4.95. The smallest absolute Gasteiger partial charge is 0.0329 e. The summed E-state index contributed by atoms with van der Waals surface area (Å²) in [4.78, 5) is 2.66. The van der Waals surface area contributed by atoms with Crippen LogP contribution in [0.2, 0.25) is 0 Å². The van der Waals surface area contributed by atoms with Crippen LogP contribution in [-0.2, 0) is 0 Å². The summed E-state index contributed by atoms with van der Waals surface area (Å²) in [7, 11) is 0. The Hall–Kier alpha value is -0.0800. The number of nitrogens with two attached hydrogens (primary N) is 1. The molecule has 0 aromatic heterocycles. The Morgan fingerprint density at radius 1 is 1.18 bits per heavy atom. The van der Waals surface area contributed by atoms with Gasteiger partial charge in [-0.25, -0.2) is 0 Å². The van der Waals surface area contributed by atoms with Crippen molar-refractivity contribution in [3.05, 3.63) is 0 Å². The normalized spacial score (nSPS) is 25.2. The molecule has 1 heterocycles. The van der Waals surface area contributed by atoms with Crippen molar-refractivity contribution in [2.45, 2.75) is 77.8 Å². The van der Waals surface area contributed by atoms with Crippen molar-refractivity contribution >= 4 is 0 Å². The van der Waals surface area contributed by atoms with Gasteiger partial charge in [-0.2, -0.15) is 0 Å². The molecule has 0 aromatic rings. The molecule has 2 N–H and O–H groups in total. The number of likely N-dealkylation sites (tertiary alicyclic amines) is 1. The first-order chi connectivity index (χ1) is 8.04. The van der Waals surface area contributed by atoms with Crippen LogP contribution in [0.5, 0.6) is 0 Å². The molecule has 1 rings (SSSR count). The van der Waals surface area contributed by atoms with Crippen LogP contribution >= 0.6 is 0 Å². The second-order valence-corrected chi connectivity index (χ2v) is 6.11. The Labute approximate surface area is 108 Å². The molecule has 3 atom stereocenters. The van der Waals surface area contributed by atoms with E-state index < -0.39 is 0 Å². The van der Waals surface area contributed by atoms with Gasteiger partial charge in [-0.3, -0.25) is 4.90 Å². The molecule has 0 aliphatic carbocycles. The molecule has 1 aliphatic rings. The molecule has 1 saturated heterocycles. The Balaban J connectivity index is 2.64. The van der Waals surface area contributed by atoms with Crippen molar-refractivity contribution in [2.24, 2.45) is 11.7 Å². The van der Waals surface area contributed by atoms with Crippen molar-refractivity contribution in [1.29, 1.82) is 0 Å². The van der Waals surface area contributed by atoms with Crippen molar-refractivity contribution in [2.75, 3.05) is 13.1 Å².